The fourth-order valence-corrected chi connectivity index (χ4v) is 2.83. The van der Waals surface area contributed by atoms with E-state index in [1.165, 1.54) is 19.3 Å². The molecule has 1 fully saturated rings. The second kappa shape index (κ2) is 9.98. The monoisotopic (exact) mass is 332 g/mol. The summed E-state index contributed by atoms with van der Waals surface area (Å²) in [4.78, 5) is 14.3. The maximum Gasteiger partial charge on any atom is 0.257 e. The summed E-state index contributed by atoms with van der Waals surface area (Å²) in [7, 11) is 1.60. The molecule has 0 spiro atoms. The smallest absolute Gasteiger partial charge is 0.257 e. The van der Waals surface area contributed by atoms with E-state index >= 15 is 0 Å². The van der Waals surface area contributed by atoms with Crippen LogP contribution in [-0.2, 0) is 4.79 Å². The third-order valence-electron chi connectivity index (χ3n) is 4.10. The average Bonchev–Trinajstić information content (AvgIpc) is 2.61. The van der Waals surface area contributed by atoms with Crippen LogP contribution in [0, 0.1) is 0 Å². The van der Waals surface area contributed by atoms with E-state index in [9.17, 15) is 4.79 Å². The van der Waals surface area contributed by atoms with E-state index in [0.29, 0.717) is 18.0 Å². The van der Waals surface area contributed by atoms with Gasteiger partial charge in [-0.05, 0) is 50.6 Å². The van der Waals surface area contributed by atoms with E-state index in [1.54, 1.807) is 7.11 Å². The van der Waals surface area contributed by atoms with Gasteiger partial charge in [0.15, 0.2) is 18.1 Å². The number of amides is 1. The van der Waals surface area contributed by atoms with Gasteiger partial charge < -0.3 is 19.7 Å². The maximum atomic E-state index is 11.9. The first-order valence-electron chi connectivity index (χ1n) is 8.65. The van der Waals surface area contributed by atoms with Crippen LogP contribution in [0.25, 0.3) is 6.08 Å². The number of nitrogens with one attached hydrogen (secondary N) is 1. The lowest BCUT2D eigenvalue weighted by Gasteiger charge is -2.26. The Morgan fingerprint density at radius 2 is 2.04 bits per heavy atom. The molecule has 1 amide bonds. The molecule has 0 unspecified atom stereocenters. The molecule has 0 radical (unpaired) electrons. The quantitative estimate of drug-likeness (QED) is 0.795. The summed E-state index contributed by atoms with van der Waals surface area (Å²) in [5, 5.41) is 2.91. The molecule has 132 valence electrons. The van der Waals surface area contributed by atoms with Crippen molar-refractivity contribution in [3.63, 3.8) is 0 Å². The van der Waals surface area contributed by atoms with Crippen molar-refractivity contribution < 1.29 is 14.3 Å². The molecule has 1 heterocycles. The Labute approximate surface area is 144 Å². The van der Waals surface area contributed by atoms with Crippen molar-refractivity contribution in [2.24, 2.45) is 0 Å². The van der Waals surface area contributed by atoms with Crippen LogP contribution in [0.1, 0.15) is 31.7 Å². The zero-order chi connectivity index (χ0) is 17.2. The minimum atomic E-state index is -0.105. The predicted molar refractivity (Wildman–Crippen MR) is 96.5 cm³/mol. The topological polar surface area (TPSA) is 50.8 Å². The van der Waals surface area contributed by atoms with Gasteiger partial charge in [-0.3, -0.25) is 4.79 Å². The number of carbonyl (C=O) groups excluding carboxylic acids is 1. The summed E-state index contributed by atoms with van der Waals surface area (Å²) in [6.07, 6.45) is 7.80. The van der Waals surface area contributed by atoms with E-state index in [-0.39, 0.29) is 12.5 Å². The summed E-state index contributed by atoms with van der Waals surface area (Å²) < 4.78 is 10.9. The molecule has 1 saturated heterocycles. The van der Waals surface area contributed by atoms with Crippen LogP contribution in [0.3, 0.4) is 0 Å². The van der Waals surface area contributed by atoms with Gasteiger partial charge in [-0.1, -0.05) is 24.6 Å². The van der Waals surface area contributed by atoms with Crippen molar-refractivity contribution in [2.45, 2.75) is 26.2 Å². The number of benzene rings is 1. The fourth-order valence-electron chi connectivity index (χ4n) is 2.83. The highest BCUT2D eigenvalue weighted by Gasteiger charge is 2.11. The molecule has 5 heteroatoms. The zero-order valence-corrected chi connectivity index (χ0v) is 14.7. The average molecular weight is 332 g/mol. The van der Waals surface area contributed by atoms with Crippen molar-refractivity contribution in [3.05, 3.63) is 29.8 Å². The summed E-state index contributed by atoms with van der Waals surface area (Å²) in [5.74, 6) is 1.11. The highest BCUT2D eigenvalue weighted by atomic mass is 16.5. The van der Waals surface area contributed by atoms with Crippen molar-refractivity contribution in [1.82, 2.24) is 10.2 Å². The second-order valence-corrected chi connectivity index (χ2v) is 5.95. The molecule has 1 aromatic rings. The zero-order valence-electron chi connectivity index (χ0n) is 14.7. The van der Waals surface area contributed by atoms with Crippen molar-refractivity contribution >= 4 is 12.0 Å². The second-order valence-electron chi connectivity index (χ2n) is 5.95. The summed E-state index contributed by atoms with van der Waals surface area (Å²) >= 11 is 0. The summed E-state index contributed by atoms with van der Waals surface area (Å²) in [6, 6.07) is 5.66. The first-order valence-corrected chi connectivity index (χ1v) is 8.65. The molecular formula is C19H28N2O3. The molecule has 2 rings (SSSR count). The van der Waals surface area contributed by atoms with Gasteiger partial charge in [0.2, 0.25) is 0 Å². The SMILES string of the molecule is C/C=C/c1ccc(OCC(=O)NCCN2CCCCC2)c(OC)c1. The number of carbonyl (C=O) groups is 1. The number of rotatable bonds is 8. The van der Waals surface area contributed by atoms with Crippen molar-refractivity contribution in [3.8, 4) is 11.5 Å². The molecule has 24 heavy (non-hydrogen) atoms. The van der Waals surface area contributed by atoms with Gasteiger partial charge >= 0.3 is 0 Å². The third kappa shape index (κ3) is 5.89. The number of hydrogen-bond donors (Lipinski definition) is 1. The summed E-state index contributed by atoms with van der Waals surface area (Å²) in [5.41, 5.74) is 1.03. The van der Waals surface area contributed by atoms with E-state index in [0.717, 1.165) is 25.2 Å². The Hall–Kier alpha value is -2.01. The standard InChI is InChI=1S/C19H28N2O3/c1-3-7-16-8-9-17(18(14-16)23-2)24-15-19(22)20-10-13-21-11-5-4-6-12-21/h3,7-9,14H,4-6,10-13,15H2,1-2H3,(H,20,22)/b7-3+. The predicted octanol–water partition coefficient (Wildman–Crippen LogP) is 2.71. The van der Waals surface area contributed by atoms with Gasteiger partial charge in [0.05, 0.1) is 7.11 Å². The van der Waals surface area contributed by atoms with Crippen LogP contribution in [0.2, 0.25) is 0 Å². The van der Waals surface area contributed by atoms with E-state index in [1.807, 2.05) is 37.3 Å². The molecule has 0 aliphatic carbocycles. The molecule has 0 bridgehead atoms. The molecule has 5 nitrogen and oxygen atoms in total. The Bertz CT molecular complexity index is 552. The summed E-state index contributed by atoms with van der Waals surface area (Å²) in [6.45, 7) is 5.82. The van der Waals surface area contributed by atoms with Crippen LogP contribution < -0.4 is 14.8 Å². The van der Waals surface area contributed by atoms with Gasteiger partial charge in [-0.2, -0.15) is 0 Å². The number of nitrogens with zero attached hydrogens (tertiary/aromatic N) is 1. The molecule has 0 saturated carbocycles. The molecular weight excluding hydrogens is 304 g/mol. The van der Waals surface area contributed by atoms with Gasteiger partial charge in [-0.15, -0.1) is 0 Å². The minimum Gasteiger partial charge on any atom is -0.493 e. The van der Waals surface area contributed by atoms with Crippen molar-refractivity contribution in [2.75, 3.05) is 39.9 Å². The largest absolute Gasteiger partial charge is 0.493 e. The minimum absolute atomic E-state index is 0.000671. The molecule has 0 atom stereocenters. The van der Waals surface area contributed by atoms with Crippen LogP contribution in [0.5, 0.6) is 11.5 Å². The third-order valence-corrected chi connectivity index (χ3v) is 4.10. The van der Waals surface area contributed by atoms with Gasteiger partial charge in [0.1, 0.15) is 0 Å². The Morgan fingerprint density at radius 1 is 1.25 bits per heavy atom. The van der Waals surface area contributed by atoms with Crippen LogP contribution in [-0.4, -0.2) is 50.7 Å². The lowest BCUT2D eigenvalue weighted by atomic mass is 10.1. The Balaban J connectivity index is 1.74. The number of methoxy groups -OCH3 is 1. The first-order chi connectivity index (χ1) is 11.7. The van der Waals surface area contributed by atoms with E-state index in [2.05, 4.69) is 10.2 Å². The number of allylic oxidation sites excluding steroid dienone is 1. The van der Waals surface area contributed by atoms with Crippen LogP contribution in [0.4, 0.5) is 0 Å². The molecule has 1 N–H and O–H groups in total. The van der Waals surface area contributed by atoms with Gasteiger partial charge in [0.25, 0.3) is 5.91 Å². The van der Waals surface area contributed by atoms with E-state index in [4.69, 9.17) is 9.47 Å². The highest BCUT2D eigenvalue weighted by Crippen LogP contribution is 2.28. The number of ether oxygens (including phenoxy) is 2. The van der Waals surface area contributed by atoms with Gasteiger partial charge in [-0.25, -0.2) is 0 Å². The Kier molecular flexibility index (Phi) is 7.62. The molecule has 0 aromatic heterocycles. The Morgan fingerprint density at radius 3 is 2.75 bits per heavy atom. The maximum absolute atomic E-state index is 11.9. The lowest BCUT2D eigenvalue weighted by Crippen LogP contribution is -2.39. The molecule has 1 aliphatic heterocycles. The number of piperidine rings is 1. The first kappa shape index (κ1) is 18.3. The highest BCUT2D eigenvalue weighted by molar-refractivity contribution is 5.77. The fraction of sp³-hybridized carbons (Fsp3) is 0.526. The van der Waals surface area contributed by atoms with Crippen molar-refractivity contribution in [1.29, 1.82) is 0 Å². The normalized spacial score (nSPS) is 15.4. The van der Waals surface area contributed by atoms with Crippen LogP contribution in [0.15, 0.2) is 24.3 Å². The molecule has 1 aromatic carbocycles. The molecule has 1 aliphatic rings. The number of hydrogen-bond acceptors (Lipinski definition) is 4. The number of likely N-dealkylation sites (tertiary alicyclic amines) is 1. The van der Waals surface area contributed by atoms with E-state index < -0.39 is 0 Å². The lowest BCUT2D eigenvalue weighted by molar-refractivity contribution is -0.123. The van der Waals surface area contributed by atoms with Gasteiger partial charge in [0, 0.05) is 13.1 Å². The van der Waals surface area contributed by atoms with Crippen LogP contribution >= 0.6 is 0 Å².